The molecule has 2 N–H and O–H groups in total. The quantitative estimate of drug-likeness (QED) is 0.384. The number of nitrogens with one attached hydrogen (secondary N) is 1. The Kier molecular flexibility index (Phi) is 5.33. The zero-order valence-corrected chi connectivity index (χ0v) is 16.1. The van der Waals surface area contributed by atoms with E-state index >= 15 is 0 Å². The zero-order chi connectivity index (χ0) is 21.3. The average molecular weight is 415 g/mol. The van der Waals surface area contributed by atoms with Crippen LogP contribution in [-0.4, -0.2) is 25.8 Å². The number of aromatic amines is 1. The van der Waals surface area contributed by atoms with Gasteiger partial charge in [0.1, 0.15) is 5.56 Å². The van der Waals surface area contributed by atoms with Gasteiger partial charge >= 0.3 is 5.69 Å². The van der Waals surface area contributed by atoms with E-state index in [-0.39, 0.29) is 22.0 Å². The van der Waals surface area contributed by atoms with Crippen molar-refractivity contribution in [2.24, 2.45) is 4.99 Å². The van der Waals surface area contributed by atoms with Crippen LogP contribution >= 0.6 is 11.6 Å². The molecule has 0 aliphatic carbocycles. The van der Waals surface area contributed by atoms with Gasteiger partial charge in [-0.05, 0) is 37.6 Å². The van der Waals surface area contributed by atoms with Crippen LogP contribution in [0.3, 0.4) is 0 Å². The number of aromatic hydroxyl groups is 1. The maximum atomic E-state index is 12.2. The van der Waals surface area contributed by atoms with Crippen molar-refractivity contribution in [2.75, 3.05) is 0 Å². The number of nitrogens with zero attached hydrogens (tertiary/aromatic N) is 3. The molecule has 29 heavy (non-hydrogen) atoms. The molecule has 0 saturated heterocycles. The van der Waals surface area contributed by atoms with Crippen LogP contribution in [0.15, 0.2) is 51.0 Å². The molecular formula is C19H15ClN4O5. The topological polar surface area (TPSA) is 131 Å². The van der Waals surface area contributed by atoms with Gasteiger partial charge in [-0.25, -0.2) is 9.36 Å². The third kappa shape index (κ3) is 3.67. The van der Waals surface area contributed by atoms with Crippen molar-refractivity contribution < 1.29 is 10.0 Å². The molecule has 1 aromatic heterocycles. The van der Waals surface area contributed by atoms with E-state index in [9.17, 15) is 24.8 Å². The molecule has 1 heterocycles. The van der Waals surface area contributed by atoms with Gasteiger partial charge < -0.3 is 5.11 Å². The summed E-state index contributed by atoms with van der Waals surface area (Å²) in [6.45, 7) is 3.25. The van der Waals surface area contributed by atoms with Gasteiger partial charge in [-0.2, -0.15) is 0 Å². The molecule has 0 bridgehead atoms. The Morgan fingerprint density at radius 2 is 1.86 bits per heavy atom. The third-order valence-electron chi connectivity index (χ3n) is 4.47. The van der Waals surface area contributed by atoms with Crippen molar-refractivity contribution in [1.29, 1.82) is 0 Å². The summed E-state index contributed by atoms with van der Waals surface area (Å²) < 4.78 is 0.860. The Balaban J connectivity index is 2.14. The molecule has 148 valence electrons. The summed E-state index contributed by atoms with van der Waals surface area (Å²) in [6.07, 6.45) is 1.09. The Hall–Kier alpha value is -3.72. The van der Waals surface area contributed by atoms with E-state index in [1.54, 1.807) is 26.0 Å². The van der Waals surface area contributed by atoms with Crippen LogP contribution in [0.4, 0.5) is 11.4 Å². The standard InChI is InChI=1S/C19H15ClN4O5/c1-10-11(2)15(24(28)29)8-7-14(10)21-9-12-17(25)22-19(27)23(18(12)26)16-6-4-3-5-13(16)20/h3-9,26H,1-2H3,(H,22,25,27). The van der Waals surface area contributed by atoms with Crippen LogP contribution in [-0.2, 0) is 0 Å². The first-order valence-electron chi connectivity index (χ1n) is 8.34. The first-order valence-corrected chi connectivity index (χ1v) is 8.72. The minimum atomic E-state index is -0.861. The normalized spacial score (nSPS) is 11.1. The second-order valence-electron chi connectivity index (χ2n) is 6.15. The van der Waals surface area contributed by atoms with Crippen molar-refractivity contribution in [3.8, 4) is 11.6 Å². The number of rotatable bonds is 4. The summed E-state index contributed by atoms with van der Waals surface area (Å²) in [5, 5.41) is 21.8. The Morgan fingerprint density at radius 3 is 2.52 bits per heavy atom. The van der Waals surface area contributed by atoms with E-state index < -0.39 is 22.1 Å². The molecule has 10 heteroatoms. The maximum absolute atomic E-state index is 12.2. The van der Waals surface area contributed by atoms with Crippen LogP contribution < -0.4 is 11.2 Å². The van der Waals surface area contributed by atoms with E-state index in [2.05, 4.69) is 9.98 Å². The lowest BCUT2D eigenvalue weighted by Gasteiger charge is -2.11. The number of para-hydroxylation sites is 1. The van der Waals surface area contributed by atoms with Crippen molar-refractivity contribution >= 4 is 29.2 Å². The van der Waals surface area contributed by atoms with E-state index in [4.69, 9.17) is 11.6 Å². The molecule has 9 nitrogen and oxygen atoms in total. The number of aromatic nitrogens is 2. The maximum Gasteiger partial charge on any atom is 0.335 e. The van der Waals surface area contributed by atoms with Gasteiger partial charge in [0.05, 0.1) is 21.3 Å². The number of H-pyrrole nitrogens is 1. The van der Waals surface area contributed by atoms with Crippen molar-refractivity contribution in [3.63, 3.8) is 0 Å². The van der Waals surface area contributed by atoms with Crippen molar-refractivity contribution in [2.45, 2.75) is 13.8 Å². The lowest BCUT2D eigenvalue weighted by Crippen LogP contribution is -2.31. The van der Waals surface area contributed by atoms with Gasteiger partial charge in [-0.1, -0.05) is 23.7 Å². The molecular weight excluding hydrogens is 400 g/mol. The van der Waals surface area contributed by atoms with Crippen molar-refractivity contribution in [3.05, 3.63) is 89.1 Å². The molecule has 0 atom stereocenters. The van der Waals surface area contributed by atoms with Gasteiger partial charge in [-0.3, -0.25) is 24.9 Å². The number of halogens is 1. The highest BCUT2D eigenvalue weighted by Gasteiger charge is 2.17. The highest BCUT2D eigenvalue weighted by atomic mass is 35.5. The fourth-order valence-corrected chi connectivity index (χ4v) is 3.00. The first kappa shape index (κ1) is 20.0. The second-order valence-corrected chi connectivity index (χ2v) is 6.56. The number of nitro benzene ring substituents is 1. The molecule has 0 spiro atoms. The predicted octanol–water partition coefficient (Wildman–Crippen LogP) is 3.16. The number of nitro groups is 1. The fraction of sp³-hybridized carbons (Fsp3) is 0.105. The minimum Gasteiger partial charge on any atom is -0.493 e. The van der Waals surface area contributed by atoms with Crippen molar-refractivity contribution in [1.82, 2.24) is 9.55 Å². The van der Waals surface area contributed by atoms with Crippen LogP contribution in [0.1, 0.15) is 16.7 Å². The molecule has 0 amide bonds. The summed E-state index contributed by atoms with van der Waals surface area (Å²) >= 11 is 6.09. The second kappa shape index (κ2) is 7.72. The average Bonchev–Trinajstić information content (AvgIpc) is 2.65. The molecule has 0 aliphatic heterocycles. The van der Waals surface area contributed by atoms with Gasteiger partial charge in [0.2, 0.25) is 5.88 Å². The summed E-state index contributed by atoms with van der Waals surface area (Å²) in [5.41, 5.74) is -0.466. The number of aliphatic imine (C=N–C) groups is 1. The lowest BCUT2D eigenvalue weighted by molar-refractivity contribution is -0.385. The molecule has 2 aromatic carbocycles. The summed E-state index contributed by atoms with van der Waals surface area (Å²) in [6, 6.07) is 9.06. The molecule has 3 aromatic rings. The smallest absolute Gasteiger partial charge is 0.335 e. The van der Waals surface area contributed by atoms with E-state index in [0.29, 0.717) is 16.8 Å². The van der Waals surface area contributed by atoms with Crippen LogP contribution in [0.2, 0.25) is 5.02 Å². The Labute approximate surface area is 168 Å². The Bertz CT molecular complexity index is 1280. The summed E-state index contributed by atoms with van der Waals surface area (Å²) in [4.78, 5) is 41.2. The highest BCUT2D eigenvalue weighted by Crippen LogP contribution is 2.29. The van der Waals surface area contributed by atoms with Crippen LogP contribution in [0, 0.1) is 24.0 Å². The summed E-state index contributed by atoms with van der Waals surface area (Å²) in [7, 11) is 0. The molecule has 3 rings (SSSR count). The van der Waals surface area contributed by atoms with Crippen LogP contribution in [0.5, 0.6) is 5.88 Å². The summed E-state index contributed by atoms with van der Waals surface area (Å²) in [5.74, 6) is -0.633. The van der Waals surface area contributed by atoms with Gasteiger partial charge in [-0.15, -0.1) is 0 Å². The molecule has 0 fully saturated rings. The molecule has 0 saturated carbocycles. The monoisotopic (exact) mass is 414 g/mol. The van der Waals surface area contributed by atoms with E-state index in [1.165, 1.54) is 24.3 Å². The Morgan fingerprint density at radius 1 is 1.17 bits per heavy atom. The number of hydrogen-bond donors (Lipinski definition) is 2. The van der Waals surface area contributed by atoms with Gasteiger partial charge in [0.25, 0.3) is 11.2 Å². The third-order valence-corrected chi connectivity index (χ3v) is 4.79. The number of hydrogen-bond acceptors (Lipinski definition) is 6. The van der Waals surface area contributed by atoms with Gasteiger partial charge in [0.15, 0.2) is 0 Å². The number of benzene rings is 2. The molecule has 0 unspecified atom stereocenters. The minimum absolute atomic E-state index is 0.0468. The van der Waals surface area contributed by atoms with Crippen LogP contribution in [0.25, 0.3) is 5.69 Å². The van der Waals surface area contributed by atoms with E-state index in [1.807, 2.05) is 0 Å². The predicted molar refractivity (Wildman–Crippen MR) is 109 cm³/mol. The highest BCUT2D eigenvalue weighted by molar-refractivity contribution is 6.32. The molecule has 0 radical (unpaired) electrons. The first-order chi connectivity index (χ1) is 13.7. The van der Waals surface area contributed by atoms with E-state index in [0.717, 1.165) is 10.8 Å². The largest absolute Gasteiger partial charge is 0.493 e. The lowest BCUT2D eigenvalue weighted by atomic mass is 10.1. The fourth-order valence-electron chi connectivity index (χ4n) is 2.78. The molecule has 0 aliphatic rings. The zero-order valence-electron chi connectivity index (χ0n) is 15.3. The SMILES string of the molecule is Cc1c(N=Cc2c(O)n(-c3ccccc3Cl)c(=O)[nH]c2=O)ccc([N+](=O)[O-])c1C. The van der Waals surface area contributed by atoms with Gasteiger partial charge in [0, 0.05) is 17.8 Å².